The molecule has 0 atom stereocenters. The molecule has 0 radical (unpaired) electrons. The summed E-state index contributed by atoms with van der Waals surface area (Å²) in [5, 5.41) is 0. The first kappa shape index (κ1) is 16.8. The molecule has 0 nitrogen and oxygen atoms in total. The Hall–Kier alpha value is -0.263. The Morgan fingerprint density at radius 2 is 1.21 bits per heavy atom. The largest absolute Gasteiger partial charge is 1.00 e. The molecule has 2 aromatic carbocycles. The molecule has 2 aromatic rings. The molecule has 0 aromatic heterocycles. The zero-order valence-electron chi connectivity index (χ0n) is 11.5. The van der Waals surface area contributed by atoms with E-state index in [4.69, 9.17) is 0 Å². The zero-order chi connectivity index (χ0) is 12.6. The summed E-state index contributed by atoms with van der Waals surface area (Å²) in [6, 6.07) is 21.2. The molecular weight excluding hydrogens is 263 g/mol. The minimum Gasteiger partial charge on any atom is -0.302 e. The van der Waals surface area contributed by atoms with Crippen LogP contribution >= 0.6 is 23.5 Å². The van der Waals surface area contributed by atoms with E-state index in [1.54, 1.807) is 0 Å². The van der Waals surface area contributed by atoms with Crippen molar-refractivity contribution < 1.29 is 18.9 Å². The molecule has 0 N–H and O–H groups in total. The molecule has 0 unspecified atom stereocenters. The molecule has 0 aliphatic rings. The topological polar surface area (TPSA) is 0 Å². The molecule has 0 aliphatic heterocycles. The van der Waals surface area contributed by atoms with Gasteiger partial charge in [-0.15, -0.1) is 0 Å². The SMILES string of the molecule is CCC[C-](Sc1ccccc1)Sc1ccccc1.[Li+]. The van der Waals surface area contributed by atoms with Crippen molar-refractivity contribution >= 4 is 23.5 Å². The van der Waals surface area contributed by atoms with Gasteiger partial charge in [0.1, 0.15) is 0 Å². The van der Waals surface area contributed by atoms with Gasteiger partial charge in [0.15, 0.2) is 0 Å². The van der Waals surface area contributed by atoms with Crippen LogP contribution in [-0.2, 0) is 0 Å². The summed E-state index contributed by atoms with van der Waals surface area (Å²) in [5.74, 6) is 0. The Kier molecular flexibility index (Phi) is 8.49. The van der Waals surface area contributed by atoms with Crippen LogP contribution in [0.1, 0.15) is 19.8 Å². The van der Waals surface area contributed by atoms with Crippen LogP contribution in [0.15, 0.2) is 70.5 Å². The third kappa shape index (κ3) is 6.14. The molecule has 3 heteroatoms. The molecule has 0 spiro atoms. The summed E-state index contributed by atoms with van der Waals surface area (Å²) in [7, 11) is 0. The van der Waals surface area contributed by atoms with E-state index in [1.807, 2.05) is 23.5 Å². The van der Waals surface area contributed by atoms with Crippen molar-refractivity contribution in [2.24, 2.45) is 0 Å². The fourth-order valence-electron chi connectivity index (χ4n) is 1.57. The van der Waals surface area contributed by atoms with Crippen LogP contribution < -0.4 is 18.9 Å². The standard InChI is InChI=1S/C16H17S2.Li/c1-2-9-16(17-14-10-5-3-6-11-14)18-15-12-7-4-8-13-15;/h3-8,10-13H,2,9H2,1H3;/q-1;+1. The van der Waals surface area contributed by atoms with Crippen molar-refractivity contribution in [1.82, 2.24) is 0 Å². The molecule has 0 aliphatic carbocycles. The summed E-state index contributed by atoms with van der Waals surface area (Å²) in [4.78, 5) is 2.65. The van der Waals surface area contributed by atoms with Gasteiger partial charge in [0.05, 0.1) is 0 Å². The predicted octanol–water partition coefficient (Wildman–Crippen LogP) is 2.86. The molecule has 0 heterocycles. The van der Waals surface area contributed by atoms with Gasteiger partial charge in [-0.25, -0.2) is 0 Å². The van der Waals surface area contributed by atoms with Gasteiger partial charge >= 0.3 is 18.9 Å². The van der Waals surface area contributed by atoms with Crippen molar-refractivity contribution in [3.8, 4) is 0 Å². The van der Waals surface area contributed by atoms with Gasteiger partial charge in [0.2, 0.25) is 0 Å². The minimum absolute atomic E-state index is 0. The van der Waals surface area contributed by atoms with E-state index in [2.05, 4.69) is 67.6 Å². The van der Waals surface area contributed by atoms with Crippen LogP contribution in [0, 0.1) is 4.58 Å². The average Bonchev–Trinajstić information content (AvgIpc) is 2.41. The summed E-state index contributed by atoms with van der Waals surface area (Å²) in [6.07, 6.45) is 2.34. The van der Waals surface area contributed by atoms with Crippen molar-refractivity contribution in [3.63, 3.8) is 0 Å². The molecule has 2 rings (SSSR count). The summed E-state index contributed by atoms with van der Waals surface area (Å²) >= 11 is 3.78. The van der Waals surface area contributed by atoms with Crippen molar-refractivity contribution in [2.45, 2.75) is 29.6 Å². The quantitative estimate of drug-likeness (QED) is 0.453. The molecule has 0 fully saturated rings. The zero-order valence-corrected chi connectivity index (χ0v) is 13.1. The number of rotatable bonds is 6. The molecule has 0 saturated heterocycles. The fraction of sp³-hybridized carbons (Fsp3) is 0.188. The number of hydrogen-bond acceptors (Lipinski definition) is 2. The summed E-state index contributed by atoms with van der Waals surface area (Å²) in [5.41, 5.74) is 0. The second-order valence-electron chi connectivity index (χ2n) is 3.95. The second-order valence-corrected chi connectivity index (χ2v) is 6.55. The van der Waals surface area contributed by atoms with Crippen molar-refractivity contribution in [3.05, 3.63) is 65.2 Å². The van der Waals surface area contributed by atoms with Crippen LogP contribution in [0.2, 0.25) is 0 Å². The Labute approximate surface area is 136 Å². The van der Waals surface area contributed by atoms with Gasteiger partial charge in [-0.3, -0.25) is 0 Å². The fourth-order valence-corrected chi connectivity index (χ4v) is 4.04. The van der Waals surface area contributed by atoms with Crippen LogP contribution in [0.5, 0.6) is 0 Å². The second kappa shape index (κ2) is 9.61. The monoisotopic (exact) mass is 280 g/mol. The maximum atomic E-state index is 2.23. The third-order valence-corrected chi connectivity index (χ3v) is 4.78. The molecule has 0 bridgehead atoms. The predicted molar refractivity (Wildman–Crippen MR) is 82.7 cm³/mol. The smallest absolute Gasteiger partial charge is 0.302 e. The van der Waals surface area contributed by atoms with E-state index < -0.39 is 0 Å². The number of thioether (sulfide) groups is 2. The Bertz CT molecular complexity index is 403. The molecule has 94 valence electrons. The number of hydrogen-bond donors (Lipinski definition) is 0. The number of benzene rings is 2. The van der Waals surface area contributed by atoms with Gasteiger partial charge in [-0.05, 0) is 9.79 Å². The van der Waals surface area contributed by atoms with E-state index in [0.29, 0.717) is 0 Å². The minimum atomic E-state index is 0. The van der Waals surface area contributed by atoms with E-state index in [9.17, 15) is 0 Å². The Morgan fingerprint density at radius 1 is 0.789 bits per heavy atom. The van der Waals surface area contributed by atoms with Gasteiger partial charge in [-0.1, -0.05) is 74.0 Å². The maximum Gasteiger partial charge on any atom is 1.00 e. The van der Waals surface area contributed by atoms with Crippen LogP contribution in [0.3, 0.4) is 0 Å². The van der Waals surface area contributed by atoms with Crippen LogP contribution in [-0.4, -0.2) is 0 Å². The van der Waals surface area contributed by atoms with E-state index in [-0.39, 0.29) is 18.9 Å². The van der Waals surface area contributed by atoms with Gasteiger partial charge in [-0.2, -0.15) is 11.0 Å². The van der Waals surface area contributed by atoms with Crippen molar-refractivity contribution in [1.29, 1.82) is 0 Å². The summed E-state index contributed by atoms with van der Waals surface area (Å²) in [6.45, 7) is 2.23. The van der Waals surface area contributed by atoms with Crippen LogP contribution in [0.25, 0.3) is 0 Å². The Morgan fingerprint density at radius 3 is 1.58 bits per heavy atom. The first-order valence-corrected chi connectivity index (χ1v) is 7.83. The Balaban J connectivity index is 0.00000180. The maximum absolute atomic E-state index is 2.23. The summed E-state index contributed by atoms with van der Waals surface area (Å²) < 4.78 is 1.47. The molecular formula is C16H17LiS2. The van der Waals surface area contributed by atoms with E-state index in [0.717, 1.165) is 6.42 Å². The van der Waals surface area contributed by atoms with Gasteiger partial charge in [0.25, 0.3) is 0 Å². The molecule has 0 amide bonds. The van der Waals surface area contributed by atoms with Crippen molar-refractivity contribution in [2.75, 3.05) is 0 Å². The van der Waals surface area contributed by atoms with E-state index >= 15 is 0 Å². The van der Waals surface area contributed by atoms with Gasteiger partial charge in [0, 0.05) is 0 Å². The third-order valence-electron chi connectivity index (χ3n) is 2.40. The first-order valence-electron chi connectivity index (χ1n) is 6.20. The molecule has 0 saturated carbocycles. The average molecular weight is 280 g/mol. The first-order chi connectivity index (χ1) is 8.88. The van der Waals surface area contributed by atoms with Gasteiger partial charge < -0.3 is 23.5 Å². The normalized spacial score (nSPS) is 10.2. The van der Waals surface area contributed by atoms with E-state index in [1.165, 1.54) is 20.8 Å². The van der Waals surface area contributed by atoms with Crippen LogP contribution in [0.4, 0.5) is 0 Å². The molecule has 19 heavy (non-hydrogen) atoms.